The molecule has 4 heteroatoms. The molecule has 2 aromatic heterocycles. The zero-order valence-corrected chi connectivity index (χ0v) is 9.31. The van der Waals surface area contributed by atoms with Gasteiger partial charge in [-0.25, -0.2) is 4.98 Å². The molecule has 0 aliphatic heterocycles. The molecule has 2 heterocycles. The van der Waals surface area contributed by atoms with Crippen molar-refractivity contribution in [3.05, 3.63) is 54.3 Å². The third-order valence-electron chi connectivity index (χ3n) is 2.72. The topological polar surface area (TPSA) is 53.9 Å². The van der Waals surface area contributed by atoms with E-state index in [4.69, 9.17) is 4.42 Å². The number of nitrogens with one attached hydrogen (secondary N) is 2. The van der Waals surface area contributed by atoms with Gasteiger partial charge in [0.1, 0.15) is 11.4 Å². The second kappa shape index (κ2) is 4.43. The van der Waals surface area contributed by atoms with Crippen molar-refractivity contribution < 1.29 is 4.42 Å². The van der Waals surface area contributed by atoms with Crippen LogP contribution in [0.2, 0.25) is 0 Å². The fourth-order valence-electron chi connectivity index (χ4n) is 1.88. The van der Waals surface area contributed by atoms with Crippen LogP contribution in [0.3, 0.4) is 0 Å². The number of imidazole rings is 1. The van der Waals surface area contributed by atoms with Crippen molar-refractivity contribution in [3.63, 3.8) is 0 Å². The van der Waals surface area contributed by atoms with Gasteiger partial charge in [0.25, 0.3) is 0 Å². The van der Waals surface area contributed by atoms with Gasteiger partial charge in [0, 0.05) is 29.9 Å². The van der Waals surface area contributed by atoms with Crippen LogP contribution >= 0.6 is 0 Å². The minimum absolute atomic E-state index is 0.729. The summed E-state index contributed by atoms with van der Waals surface area (Å²) in [5, 5.41) is 4.49. The number of aromatic amines is 1. The summed E-state index contributed by atoms with van der Waals surface area (Å²) in [5.41, 5.74) is 2.11. The van der Waals surface area contributed by atoms with E-state index in [0.717, 1.165) is 24.5 Å². The molecule has 0 aliphatic rings. The van der Waals surface area contributed by atoms with Crippen molar-refractivity contribution >= 4 is 11.0 Å². The Hall–Kier alpha value is -2.07. The smallest absolute Gasteiger partial charge is 0.134 e. The van der Waals surface area contributed by atoms with Gasteiger partial charge in [-0.1, -0.05) is 18.2 Å². The highest BCUT2D eigenvalue weighted by molar-refractivity contribution is 5.80. The molecule has 0 saturated carbocycles. The summed E-state index contributed by atoms with van der Waals surface area (Å²) in [7, 11) is 0. The van der Waals surface area contributed by atoms with E-state index in [1.807, 2.05) is 24.4 Å². The van der Waals surface area contributed by atoms with Crippen LogP contribution in [0.15, 0.2) is 47.3 Å². The van der Waals surface area contributed by atoms with Crippen LogP contribution in [0.25, 0.3) is 11.0 Å². The van der Waals surface area contributed by atoms with E-state index in [-0.39, 0.29) is 0 Å². The molecular formula is C13H13N3O. The standard InChI is InChI=1S/C13H13N3O/c1-2-4-12-11(3-1)10(9-17-12)7-14-8-13-15-5-6-16-13/h1-6,9,14H,7-8H2,(H,15,16). The maximum atomic E-state index is 5.47. The van der Waals surface area contributed by atoms with Crippen LogP contribution in [0.1, 0.15) is 11.4 Å². The average molecular weight is 227 g/mol. The first-order chi connectivity index (χ1) is 8.43. The van der Waals surface area contributed by atoms with Gasteiger partial charge in [-0.3, -0.25) is 0 Å². The molecule has 0 bridgehead atoms. The largest absolute Gasteiger partial charge is 0.464 e. The van der Waals surface area contributed by atoms with E-state index < -0.39 is 0 Å². The van der Waals surface area contributed by atoms with Crippen LogP contribution in [-0.4, -0.2) is 9.97 Å². The molecule has 17 heavy (non-hydrogen) atoms. The highest BCUT2D eigenvalue weighted by Gasteiger charge is 2.04. The molecular weight excluding hydrogens is 214 g/mol. The minimum atomic E-state index is 0.729. The zero-order valence-electron chi connectivity index (χ0n) is 9.31. The van der Waals surface area contributed by atoms with E-state index in [2.05, 4.69) is 21.4 Å². The maximum Gasteiger partial charge on any atom is 0.134 e. The van der Waals surface area contributed by atoms with E-state index in [1.54, 1.807) is 12.5 Å². The monoisotopic (exact) mass is 227 g/mol. The lowest BCUT2D eigenvalue weighted by atomic mass is 10.2. The molecule has 4 nitrogen and oxygen atoms in total. The van der Waals surface area contributed by atoms with E-state index in [0.29, 0.717) is 0 Å². The van der Waals surface area contributed by atoms with Crippen molar-refractivity contribution in [2.45, 2.75) is 13.1 Å². The molecule has 3 rings (SSSR count). The molecule has 3 aromatic rings. The molecule has 0 radical (unpaired) electrons. The second-order valence-electron chi connectivity index (χ2n) is 3.90. The van der Waals surface area contributed by atoms with E-state index >= 15 is 0 Å². The van der Waals surface area contributed by atoms with Crippen molar-refractivity contribution in [1.82, 2.24) is 15.3 Å². The van der Waals surface area contributed by atoms with Crippen molar-refractivity contribution in [1.29, 1.82) is 0 Å². The first kappa shape index (κ1) is 10.1. The fraction of sp³-hybridized carbons (Fsp3) is 0.154. The molecule has 0 atom stereocenters. The summed E-state index contributed by atoms with van der Waals surface area (Å²) in [4.78, 5) is 7.21. The predicted octanol–water partition coefficient (Wildman–Crippen LogP) is 2.45. The van der Waals surface area contributed by atoms with Gasteiger partial charge in [0.2, 0.25) is 0 Å². The summed E-state index contributed by atoms with van der Waals surface area (Å²) in [6.45, 7) is 1.50. The SMILES string of the molecule is c1ccc2c(CNCc3ncc[nH]3)coc2c1. The van der Waals surface area contributed by atoms with Gasteiger partial charge in [0.05, 0.1) is 12.8 Å². The molecule has 0 unspecified atom stereocenters. The van der Waals surface area contributed by atoms with Gasteiger partial charge < -0.3 is 14.7 Å². The van der Waals surface area contributed by atoms with Crippen LogP contribution in [0.4, 0.5) is 0 Å². The molecule has 0 fully saturated rings. The summed E-state index contributed by atoms with van der Waals surface area (Å²) >= 11 is 0. The van der Waals surface area contributed by atoms with E-state index in [9.17, 15) is 0 Å². The van der Waals surface area contributed by atoms with E-state index in [1.165, 1.54) is 10.9 Å². The van der Waals surface area contributed by atoms with Crippen LogP contribution in [0, 0.1) is 0 Å². The van der Waals surface area contributed by atoms with Gasteiger partial charge in [-0.15, -0.1) is 0 Å². The number of furan rings is 1. The Morgan fingerprint density at radius 3 is 3.06 bits per heavy atom. The number of aromatic nitrogens is 2. The minimum Gasteiger partial charge on any atom is -0.464 e. The Morgan fingerprint density at radius 2 is 2.18 bits per heavy atom. The summed E-state index contributed by atoms with van der Waals surface area (Å²) in [6, 6.07) is 8.05. The molecule has 0 amide bonds. The van der Waals surface area contributed by atoms with Gasteiger partial charge in [-0.05, 0) is 6.07 Å². The number of hydrogen-bond acceptors (Lipinski definition) is 3. The lowest BCUT2D eigenvalue weighted by molar-refractivity contribution is 0.599. The predicted molar refractivity (Wildman–Crippen MR) is 65.3 cm³/mol. The number of benzene rings is 1. The second-order valence-corrected chi connectivity index (χ2v) is 3.90. The van der Waals surface area contributed by atoms with Crippen molar-refractivity contribution in [2.24, 2.45) is 0 Å². The molecule has 2 N–H and O–H groups in total. The number of para-hydroxylation sites is 1. The highest BCUT2D eigenvalue weighted by Crippen LogP contribution is 2.20. The Morgan fingerprint density at radius 1 is 1.24 bits per heavy atom. The molecule has 0 aliphatic carbocycles. The maximum absolute atomic E-state index is 5.47. The lowest BCUT2D eigenvalue weighted by Crippen LogP contribution is -2.13. The Kier molecular flexibility index (Phi) is 2.63. The highest BCUT2D eigenvalue weighted by atomic mass is 16.3. The Bertz CT molecular complexity index is 598. The summed E-state index contributed by atoms with van der Waals surface area (Å²) < 4.78 is 5.47. The zero-order chi connectivity index (χ0) is 11.5. The quantitative estimate of drug-likeness (QED) is 0.719. The number of nitrogens with zero attached hydrogens (tertiary/aromatic N) is 1. The van der Waals surface area contributed by atoms with Crippen molar-refractivity contribution in [2.75, 3.05) is 0 Å². The number of hydrogen-bond donors (Lipinski definition) is 2. The first-order valence-electron chi connectivity index (χ1n) is 5.57. The molecule has 86 valence electrons. The number of rotatable bonds is 4. The van der Waals surface area contributed by atoms with Gasteiger partial charge in [0.15, 0.2) is 0 Å². The van der Waals surface area contributed by atoms with Crippen LogP contribution < -0.4 is 5.32 Å². The van der Waals surface area contributed by atoms with Crippen LogP contribution in [0.5, 0.6) is 0 Å². The average Bonchev–Trinajstić information content (AvgIpc) is 2.99. The van der Waals surface area contributed by atoms with Gasteiger partial charge in [-0.2, -0.15) is 0 Å². The summed E-state index contributed by atoms with van der Waals surface area (Å²) in [6.07, 6.45) is 5.38. The first-order valence-corrected chi connectivity index (χ1v) is 5.57. The molecule has 1 aromatic carbocycles. The lowest BCUT2D eigenvalue weighted by Gasteiger charge is -2.00. The van der Waals surface area contributed by atoms with Crippen LogP contribution in [-0.2, 0) is 13.1 Å². The molecule has 0 spiro atoms. The van der Waals surface area contributed by atoms with Gasteiger partial charge >= 0.3 is 0 Å². The Labute approximate surface area is 98.7 Å². The molecule has 0 saturated heterocycles. The van der Waals surface area contributed by atoms with Crippen molar-refractivity contribution in [3.8, 4) is 0 Å². The third-order valence-corrected chi connectivity index (χ3v) is 2.72. The Balaban J connectivity index is 1.69. The number of fused-ring (bicyclic) bond motifs is 1. The third kappa shape index (κ3) is 2.07. The number of H-pyrrole nitrogens is 1. The fourth-order valence-corrected chi connectivity index (χ4v) is 1.88. The summed E-state index contributed by atoms with van der Waals surface area (Å²) in [5.74, 6) is 0.942. The normalized spacial score (nSPS) is 11.1.